The lowest BCUT2D eigenvalue weighted by atomic mass is 10.3. The predicted molar refractivity (Wildman–Crippen MR) is 117 cm³/mol. The zero-order valence-electron chi connectivity index (χ0n) is 14.9. The fourth-order valence-corrected chi connectivity index (χ4v) is 3.30. The Morgan fingerprint density at radius 1 is 1.40 bits per heavy atom. The van der Waals surface area contributed by atoms with Gasteiger partial charge in [-0.15, -0.1) is 35.3 Å². The van der Waals surface area contributed by atoms with Crippen LogP contribution in [0.15, 0.2) is 29.3 Å². The standard InChI is InChI=1S/C17H23ClN4OS.HI/c1-12-16(24-13(2)21-12)11-20-17(19-3)22(4)8-9-23-15-7-5-6-14(18)10-15;/h5-7,10H,8-9,11H2,1-4H3,(H,19,20);1H. The number of hydrogen-bond acceptors (Lipinski definition) is 4. The highest BCUT2D eigenvalue weighted by Crippen LogP contribution is 2.17. The van der Waals surface area contributed by atoms with Crippen LogP contribution in [-0.2, 0) is 6.54 Å². The van der Waals surface area contributed by atoms with E-state index in [0.29, 0.717) is 18.2 Å². The molecular formula is C17H24ClIN4OS. The molecule has 0 amide bonds. The van der Waals surface area contributed by atoms with Crippen LogP contribution in [0.5, 0.6) is 5.75 Å². The van der Waals surface area contributed by atoms with Crippen molar-refractivity contribution < 1.29 is 4.74 Å². The van der Waals surface area contributed by atoms with Gasteiger partial charge < -0.3 is 15.0 Å². The maximum absolute atomic E-state index is 5.95. The molecule has 0 spiro atoms. The highest BCUT2D eigenvalue weighted by molar-refractivity contribution is 14.0. The molecule has 5 nitrogen and oxygen atoms in total. The molecule has 25 heavy (non-hydrogen) atoms. The van der Waals surface area contributed by atoms with Gasteiger partial charge >= 0.3 is 0 Å². The Hall–Kier alpha value is -1.06. The molecular weight excluding hydrogens is 471 g/mol. The van der Waals surface area contributed by atoms with Gasteiger partial charge in [0.25, 0.3) is 0 Å². The number of nitrogens with zero attached hydrogens (tertiary/aromatic N) is 3. The van der Waals surface area contributed by atoms with Crippen molar-refractivity contribution in [3.05, 3.63) is 44.9 Å². The molecule has 0 saturated carbocycles. The lowest BCUT2D eigenvalue weighted by molar-refractivity contribution is 0.281. The van der Waals surface area contributed by atoms with E-state index in [2.05, 4.69) is 15.3 Å². The fraction of sp³-hybridized carbons (Fsp3) is 0.412. The Morgan fingerprint density at radius 3 is 2.76 bits per heavy atom. The summed E-state index contributed by atoms with van der Waals surface area (Å²) in [6.45, 7) is 6.05. The molecule has 2 aromatic rings. The predicted octanol–water partition coefficient (Wildman–Crippen LogP) is 4.12. The van der Waals surface area contributed by atoms with E-state index < -0.39 is 0 Å². The third-order valence-corrected chi connectivity index (χ3v) is 4.78. The molecule has 0 unspecified atom stereocenters. The second-order valence-electron chi connectivity index (χ2n) is 5.37. The first-order chi connectivity index (χ1) is 11.5. The molecule has 1 N–H and O–H groups in total. The second kappa shape index (κ2) is 10.8. The Kier molecular flexibility index (Phi) is 9.52. The molecule has 0 radical (unpaired) electrons. The molecule has 2 rings (SSSR count). The molecule has 1 heterocycles. The fourth-order valence-electron chi connectivity index (χ4n) is 2.24. The molecule has 0 aliphatic heterocycles. The number of thiazole rings is 1. The Labute approximate surface area is 175 Å². The van der Waals surface area contributed by atoms with E-state index in [4.69, 9.17) is 16.3 Å². The van der Waals surface area contributed by atoms with Crippen molar-refractivity contribution in [3.63, 3.8) is 0 Å². The van der Waals surface area contributed by atoms with Crippen LogP contribution in [-0.4, -0.2) is 43.1 Å². The van der Waals surface area contributed by atoms with Crippen molar-refractivity contribution in [2.24, 2.45) is 4.99 Å². The van der Waals surface area contributed by atoms with Crippen LogP contribution in [0.3, 0.4) is 0 Å². The van der Waals surface area contributed by atoms with Crippen LogP contribution < -0.4 is 10.1 Å². The minimum Gasteiger partial charge on any atom is -0.492 e. The van der Waals surface area contributed by atoms with Gasteiger partial charge in [0.15, 0.2) is 5.96 Å². The third kappa shape index (κ3) is 6.99. The molecule has 0 fully saturated rings. The van der Waals surface area contributed by atoms with Crippen LogP contribution in [0, 0.1) is 13.8 Å². The van der Waals surface area contributed by atoms with Gasteiger partial charge in [-0.2, -0.15) is 0 Å². The van der Waals surface area contributed by atoms with E-state index in [0.717, 1.165) is 29.0 Å². The van der Waals surface area contributed by atoms with Gasteiger partial charge in [-0.05, 0) is 32.0 Å². The van der Waals surface area contributed by atoms with Gasteiger partial charge in [-0.25, -0.2) is 4.98 Å². The van der Waals surface area contributed by atoms with E-state index in [9.17, 15) is 0 Å². The first-order valence-electron chi connectivity index (χ1n) is 7.72. The number of guanidine groups is 1. The molecule has 0 saturated heterocycles. The van der Waals surface area contributed by atoms with Crippen LogP contribution in [0.2, 0.25) is 5.02 Å². The first kappa shape index (κ1) is 22.0. The summed E-state index contributed by atoms with van der Waals surface area (Å²) >= 11 is 7.66. The van der Waals surface area contributed by atoms with Gasteiger partial charge in [0.05, 0.1) is 23.8 Å². The minimum absolute atomic E-state index is 0. The van der Waals surface area contributed by atoms with Crippen molar-refractivity contribution >= 4 is 52.9 Å². The lowest BCUT2D eigenvalue weighted by Crippen LogP contribution is -2.40. The van der Waals surface area contributed by atoms with Crippen molar-refractivity contribution in [3.8, 4) is 5.75 Å². The summed E-state index contributed by atoms with van der Waals surface area (Å²) in [6.07, 6.45) is 0. The summed E-state index contributed by atoms with van der Waals surface area (Å²) in [4.78, 5) is 12.0. The van der Waals surface area contributed by atoms with Crippen molar-refractivity contribution in [2.45, 2.75) is 20.4 Å². The summed E-state index contributed by atoms with van der Waals surface area (Å²) in [5, 5.41) is 5.13. The Bertz CT molecular complexity index is 708. The van der Waals surface area contributed by atoms with Gasteiger partial charge in [0.1, 0.15) is 12.4 Å². The lowest BCUT2D eigenvalue weighted by Gasteiger charge is -2.22. The van der Waals surface area contributed by atoms with Gasteiger partial charge in [0, 0.05) is 24.0 Å². The topological polar surface area (TPSA) is 49.8 Å². The van der Waals surface area contributed by atoms with Crippen LogP contribution in [0.25, 0.3) is 0 Å². The highest BCUT2D eigenvalue weighted by atomic mass is 127. The van der Waals surface area contributed by atoms with Crippen LogP contribution >= 0.6 is 46.9 Å². The molecule has 1 aromatic carbocycles. The Balaban J connectivity index is 0.00000312. The monoisotopic (exact) mass is 494 g/mol. The number of aromatic nitrogens is 1. The van der Waals surface area contributed by atoms with E-state index in [1.54, 1.807) is 18.4 Å². The second-order valence-corrected chi connectivity index (χ2v) is 7.09. The largest absolute Gasteiger partial charge is 0.492 e. The number of aryl methyl sites for hydroxylation is 2. The zero-order valence-corrected chi connectivity index (χ0v) is 18.8. The maximum Gasteiger partial charge on any atom is 0.193 e. The summed E-state index contributed by atoms with van der Waals surface area (Å²) in [5.74, 6) is 1.60. The van der Waals surface area contributed by atoms with Gasteiger partial charge in [-0.1, -0.05) is 17.7 Å². The quantitative estimate of drug-likeness (QED) is 0.373. The number of nitrogens with one attached hydrogen (secondary N) is 1. The number of halogens is 2. The van der Waals surface area contributed by atoms with E-state index in [-0.39, 0.29) is 24.0 Å². The van der Waals surface area contributed by atoms with Gasteiger partial charge in [-0.3, -0.25) is 4.99 Å². The maximum atomic E-state index is 5.95. The van der Waals surface area contributed by atoms with E-state index in [1.165, 1.54) is 4.88 Å². The summed E-state index contributed by atoms with van der Waals surface area (Å²) < 4.78 is 5.72. The highest BCUT2D eigenvalue weighted by Gasteiger charge is 2.09. The number of likely N-dealkylation sites (N-methyl/N-ethyl adjacent to an activating group) is 1. The van der Waals surface area contributed by atoms with E-state index in [1.807, 2.05) is 50.1 Å². The van der Waals surface area contributed by atoms with E-state index >= 15 is 0 Å². The molecule has 1 aromatic heterocycles. The average Bonchev–Trinajstić information content (AvgIpc) is 2.86. The van der Waals surface area contributed by atoms with Crippen LogP contribution in [0.4, 0.5) is 0 Å². The molecule has 0 bridgehead atoms. The van der Waals surface area contributed by atoms with Gasteiger partial charge in [0.2, 0.25) is 0 Å². The zero-order chi connectivity index (χ0) is 17.5. The number of ether oxygens (including phenoxy) is 1. The van der Waals surface area contributed by atoms with Crippen molar-refractivity contribution in [1.82, 2.24) is 15.2 Å². The summed E-state index contributed by atoms with van der Waals surface area (Å²) in [7, 11) is 3.77. The molecule has 0 aliphatic rings. The van der Waals surface area contributed by atoms with Crippen LogP contribution in [0.1, 0.15) is 15.6 Å². The Morgan fingerprint density at radius 2 is 2.16 bits per heavy atom. The van der Waals surface area contributed by atoms with Crippen molar-refractivity contribution in [2.75, 3.05) is 27.2 Å². The molecule has 8 heteroatoms. The smallest absolute Gasteiger partial charge is 0.193 e. The molecule has 0 aliphatic carbocycles. The normalized spacial score (nSPS) is 11.0. The van der Waals surface area contributed by atoms with Crippen molar-refractivity contribution in [1.29, 1.82) is 0 Å². The SMILES string of the molecule is CN=C(NCc1sc(C)nc1C)N(C)CCOc1cccc(Cl)c1.I. The number of benzene rings is 1. The number of aliphatic imine (C=N–C) groups is 1. The third-order valence-electron chi connectivity index (χ3n) is 3.47. The molecule has 138 valence electrons. The summed E-state index contributed by atoms with van der Waals surface area (Å²) in [5.41, 5.74) is 1.08. The summed E-state index contributed by atoms with van der Waals surface area (Å²) in [6, 6.07) is 7.41. The first-order valence-corrected chi connectivity index (χ1v) is 8.92. The minimum atomic E-state index is 0. The number of hydrogen-bond donors (Lipinski definition) is 1. The number of rotatable bonds is 6. The molecule has 0 atom stereocenters. The average molecular weight is 495 g/mol.